The zero-order chi connectivity index (χ0) is 49.2. The van der Waals surface area contributed by atoms with E-state index in [9.17, 15) is 35.1 Å². The van der Waals surface area contributed by atoms with Crippen LogP contribution in [0.1, 0.15) is 77.0 Å². The van der Waals surface area contributed by atoms with E-state index in [4.69, 9.17) is 30.8 Å². The van der Waals surface area contributed by atoms with Gasteiger partial charge in [-0.25, -0.2) is 9.37 Å². The Morgan fingerprint density at radius 3 is 2.32 bits per heavy atom. The first kappa shape index (κ1) is 50.9. The van der Waals surface area contributed by atoms with Crippen LogP contribution in [0.25, 0.3) is 11.3 Å². The first-order valence-electron chi connectivity index (χ1n) is 22.3. The standard InChI is InChI=1S/C49H57FN8O9S/c1-48(2,3)43(45(62)56-28-37(59)23-39(56)44(61)54-26-31-9-11-32(12-10-31)41-27-53-30-67-41)55-42(60)29-65-19-8-18-64-17-6-7-20-66-40-16-15-36(22-38(40)50)58-47(68)57(46(63)49(58,4)5)35-14-13-33(24-51)34(21-35)25-52/h9-16,21-22,27,30,37,39,43,46,59,63H,6-8,17-20,23,26,28-29H2,1-5H3,(H,54,61)(H,55,60)/t37-,39+,43-,46?/m1/s1. The Morgan fingerprint density at radius 1 is 0.956 bits per heavy atom. The number of hydrogen-bond donors (Lipinski definition) is 4. The van der Waals surface area contributed by atoms with Crippen LogP contribution in [0.15, 0.2) is 77.7 Å². The van der Waals surface area contributed by atoms with E-state index in [-0.39, 0.29) is 61.3 Å². The van der Waals surface area contributed by atoms with Crippen LogP contribution >= 0.6 is 12.2 Å². The summed E-state index contributed by atoms with van der Waals surface area (Å²) in [6.07, 6.45) is 2.73. The SMILES string of the molecule is CC(C)(C)[C@H](NC(=O)COCCCOCCCCOc1ccc(N2C(=S)N(c3ccc(C#N)c(C#N)c3)C(O)C2(C)C)cc1F)C(=O)N1C[C@H](O)C[C@H]1C(=O)NCc1ccc(-c2cnco2)cc1. The molecule has 19 heteroatoms. The number of aromatic nitrogens is 1. The number of rotatable bonds is 20. The van der Waals surface area contributed by atoms with Crippen molar-refractivity contribution in [1.29, 1.82) is 10.5 Å². The summed E-state index contributed by atoms with van der Waals surface area (Å²) in [5, 5.41) is 46.5. The number of carbonyl (C=O) groups excluding carboxylic acids is 3. The molecule has 4 atom stereocenters. The van der Waals surface area contributed by atoms with Crippen LogP contribution in [0.4, 0.5) is 15.8 Å². The average molecular weight is 953 g/mol. The second kappa shape index (κ2) is 22.5. The van der Waals surface area contributed by atoms with Gasteiger partial charge in [0.25, 0.3) is 0 Å². The third-order valence-corrected chi connectivity index (χ3v) is 12.1. The second-order valence-electron chi connectivity index (χ2n) is 18.2. The molecule has 6 rings (SSSR count). The quantitative estimate of drug-likeness (QED) is 0.0649. The molecule has 17 nitrogen and oxygen atoms in total. The molecule has 2 fully saturated rings. The minimum absolute atomic E-state index is 0.0426. The monoisotopic (exact) mass is 952 g/mol. The minimum Gasteiger partial charge on any atom is -0.491 e. The number of aliphatic hydroxyl groups excluding tert-OH is 2. The summed E-state index contributed by atoms with van der Waals surface area (Å²) < 4.78 is 37.6. The topological polar surface area (TPSA) is 227 Å². The molecule has 0 aliphatic carbocycles. The van der Waals surface area contributed by atoms with E-state index in [1.54, 1.807) is 37.1 Å². The highest BCUT2D eigenvalue weighted by molar-refractivity contribution is 7.80. The molecule has 3 aromatic carbocycles. The summed E-state index contributed by atoms with van der Waals surface area (Å²) in [7, 11) is 0. The molecular formula is C49H57FN8O9S. The second-order valence-corrected chi connectivity index (χ2v) is 18.6. The number of ether oxygens (including phenoxy) is 3. The number of nitriles is 2. The third-order valence-electron chi connectivity index (χ3n) is 11.7. The Hall–Kier alpha value is -6.48. The molecule has 0 radical (unpaired) electrons. The Morgan fingerprint density at radius 2 is 1.65 bits per heavy atom. The van der Waals surface area contributed by atoms with Gasteiger partial charge in [-0.3, -0.25) is 19.3 Å². The van der Waals surface area contributed by atoms with Gasteiger partial charge in [0.05, 0.1) is 35.6 Å². The molecule has 68 heavy (non-hydrogen) atoms. The van der Waals surface area contributed by atoms with Crippen molar-refractivity contribution in [3.63, 3.8) is 0 Å². The lowest BCUT2D eigenvalue weighted by Crippen LogP contribution is -2.58. The summed E-state index contributed by atoms with van der Waals surface area (Å²) in [5.74, 6) is -1.30. The van der Waals surface area contributed by atoms with E-state index < -0.39 is 58.9 Å². The van der Waals surface area contributed by atoms with E-state index in [1.807, 2.05) is 57.2 Å². The maximum absolute atomic E-state index is 15.3. The number of unbranched alkanes of at least 4 members (excludes halogenated alkanes) is 1. The molecule has 2 saturated heterocycles. The summed E-state index contributed by atoms with van der Waals surface area (Å²) in [6.45, 7) is 10.1. The van der Waals surface area contributed by atoms with E-state index in [2.05, 4.69) is 15.6 Å². The number of nitrogens with one attached hydrogen (secondary N) is 2. The average Bonchev–Trinajstić information content (AvgIpc) is 4.03. The van der Waals surface area contributed by atoms with Crippen molar-refractivity contribution < 1.29 is 47.6 Å². The van der Waals surface area contributed by atoms with Gasteiger partial charge >= 0.3 is 0 Å². The van der Waals surface area contributed by atoms with Crippen molar-refractivity contribution in [3.05, 3.63) is 95.8 Å². The number of benzene rings is 3. The van der Waals surface area contributed by atoms with Crippen LogP contribution in [-0.4, -0.2) is 112 Å². The molecule has 0 spiro atoms. The predicted octanol–water partition coefficient (Wildman–Crippen LogP) is 5.32. The number of hydrogen-bond acceptors (Lipinski definition) is 13. The Balaban J connectivity index is 0.869. The van der Waals surface area contributed by atoms with Gasteiger partial charge in [-0.15, -0.1) is 0 Å². The fourth-order valence-corrected chi connectivity index (χ4v) is 8.54. The third kappa shape index (κ3) is 12.2. The summed E-state index contributed by atoms with van der Waals surface area (Å²) in [5.41, 5.74) is 1.12. The number of carbonyl (C=O) groups is 3. The molecular weight excluding hydrogens is 896 g/mol. The minimum atomic E-state index is -1.15. The number of likely N-dealkylation sites (tertiary alicyclic amines) is 1. The molecule has 2 aliphatic rings. The van der Waals surface area contributed by atoms with Crippen LogP contribution in [0.2, 0.25) is 0 Å². The molecule has 1 aromatic heterocycles. The van der Waals surface area contributed by atoms with Gasteiger partial charge in [-0.05, 0) is 86.6 Å². The molecule has 4 N–H and O–H groups in total. The van der Waals surface area contributed by atoms with E-state index >= 15 is 4.39 Å². The van der Waals surface area contributed by atoms with Crippen LogP contribution < -0.4 is 25.2 Å². The molecule has 3 amide bonds. The highest BCUT2D eigenvalue weighted by atomic mass is 32.1. The summed E-state index contributed by atoms with van der Waals surface area (Å²) in [4.78, 5) is 48.6. The van der Waals surface area contributed by atoms with Gasteiger partial charge in [-0.1, -0.05) is 45.0 Å². The van der Waals surface area contributed by atoms with Crippen LogP contribution in [0.5, 0.6) is 5.75 Å². The molecule has 4 aromatic rings. The number of nitrogens with zero attached hydrogens (tertiary/aromatic N) is 6. The molecule has 0 bridgehead atoms. The molecule has 3 heterocycles. The fraction of sp³-hybridized carbons (Fsp3) is 0.449. The molecule has 1 unspecified atom stereocenters. The first-order chi connectivity index (χ1) is 32.4. The number of aliphatic hydroxyl groups is 2. The number of oxazole rings is 1. The predicted molar refractivity (Wildman–Crippen MR) is 252 cm³/mol. The number of amides is 3. The number of β-amino-alcohol motifs (C(OH)–C–C–N with tert-alkyl or cyclic N) is 1. The van der Waals surface area contributed by atoms with Crippen molar-refractivity contribution in [2.24, 2.45) is 5.41 Å². The Bertz CT molecular complexity index is 2500. The van der Waals surface area contributed by atoms with Gasteiger partial charge < -0.3 is 49.3 Å². The summed E-state index contributed by atoms with van der Waals surface area (Å²) >= 11 is 5.74. The van der Waals surface area contributed by atoms with E-state index in [0.717, 1.165) is 11.1 Å². The van der Waals surface area contributed by atoms with Crippen molar-refractivity contribution in [3.8, 4) is 29.2 Å². The highest BCUT2D eigenvalue weighted by Gasteiger charge is 2.50. The van der Waals surface area contributed by atoms with E-state index in [0.29, 0.717) is 49.6 Å². The van der Waals surface area contributed by atoms with Gasteiger partial charge in [-0.2, -0.15) is 10.5 Å². The fourth-order valence-electron chi connectivity index (χ4n) is 8.00. The lowest BCUT2D eigenvalue weighted by molar-refractivity contribution is -0.144. The largest absolute Gasteiger partial charge is 0.491 e. The van der Waals surface area contributed by atoms with E-state index in [1.165, 1.54) is 40.5 Å². The number of halogens is 1. The van der Waals surface area contributed by atoms with Crippen LogP contribution in [0, 0.1) is 33.9 Å². The van der Waals surface area contributed by atoms with Crippen molar-refractivity contribution in [2.75, 3.05) is 49.4 Å². The zero-order valence-corrected chi connectivity index (χ0v) is 39.6. The van der Waals surface area contributed by atoms with Gasteiger partial charge in [0.2, 0.25) is 17.7 Å². The van der Waals surface area contributed by atoms with Crippen LogP contribution in [-0.2, 0) is 30.4 Å². The molecule has 0 saturated carbocycles. The first-order valence-corrected chi connectivity index (χ1v) is 22.7. The lowest BCUT2D eigenvalue weighted by atomic mass is 9.85. The maximum atomic E-state index is 15.3. The number of thiocarbonyl (C=S) groups is 1. The van der Waals surface area contributed by atoms with Gasteiger partial charge in [0, 0.05) is 62.3 Å². The number of anilines is 2. The highest BCUT2D eigenvalue weighted by Crippen LogP contribution is 2.40. The van der Waals surface area contributed by atoms with Gasteiger partial charge in [0.1, 0.15) is 30.8 Å². The molecule has 360 valence electrons. The Kier molecular flexibility index (Phi) is 16.9. The normalized spacial score (nSPS) is 18.2. The smallest absolute Gasteiger partial charge is 0.246 e. The molecule has 2 aliphatic heterocycles. The Labute approximate surface area is 400 Å². The van der Waals surface area contributed by atoms with Crippen molar-refractivity contribution in [2.45, 2.75) is 96.8 Å². The van der Waals surface area contributed by atoms with Gasteiger partial charge in [0.15, 0.2) is 35.1 Å². The lowest BCUT2D eigenvalue weighted by Gasteiger charge is -2.35. The zero-order valence-electron chi connectivity index (χ0n) is 38.7. The van der Waals surface area contributed by atoms with Crippen LogP contribution in [0.3, 0.4) is 0 Å². The van der Waals surface area contributed by atoms with Crippen molar-refractivity contribution in [1.82, 2.24) is 20.5 Å². The summed E-state index contributed by atoms with van der Waals surface area (Å²) in [6, 6.07) is 18.5. The van der Waals surface area contributed by atoms with Crippen molar-refractivity contribution >= 4 is 46.4 Å². The maximum Gasteiger partial charge on any atom is 0.246 e.